The number of benzene rings is 2. The number of likely N-dealkylation sites (tertiary alicyclic amines) is 1. The number of anilines is 3. The highest BCUT2D eigenvalue weighted by Gasteiger charge is 2.35. The van der Waals surface area contributed by atoms with E-state index in [0.717, 1.165) is 36.5 Å². The van der Waals surface area contributed by atoms with Crippen LogP contribution in [0.5, 0.6) is 0 Å². The molecule has 2 aromatic carbocycles. The fraction of sp³-hybridized carbons (Fsp3) is 0.310. The molecule has 3 amide bonds. The predicted molar refractivity (Wildman–Crippen MR) is 151 cm³/mol. The van der Waals surface area contributed by atoms with Gasteiger partial charge in [-0.2, -0.15) is 13.2 Å². The summed E-state index contributed by atoms with van der Waals surface area (Å²) in [4.78, 5) is 33.4. The van der Waals surface area contributed by atoms with E-state index >= 15 is 0 Å². The first-order chi connectivity index (χ1) is 20.3. The Hall–Kier alpha value is -4.65. The number of ether oxygens (including phenoxy) is 1. The van der Waals surface area contributed by atoms with Gasteiger partial charge in [0.05, 0.1) is 13.2 Å². The number of nitrogens with zero attached hydrogens (tertiary/aromatic N) is 5. The summed E-state index contributed by atoms with van der Waals surface area (Å²) in [6.07, 6.45) is -2.57. The molecule has 2 fully saturated rings. The van der Waals surface area contributed by atoms with Crippen molar-refractivity contribution in [3.05, 3.63) is 71.9 Å². The van der Waals surface area contributed by atoms with Gasteiger partial charge in [-0.15, -0.1) is 5.10 Å². The number of hydrogen-bond donors (Lipinski definition) is 2. The maximum absolute atomic E-state index is 13.7. The number of halogens is 3. The summed E-state index contributed by atoms with van der Waals surface area (Å²) in [7, 11) is 0. The van der Waals surface area contributed by atoms with Crippen molar-refractivity contribution in [3.8, 4) is 11.4 Å². The molecule has 0 saturated carbocycles. The maximum Gasteiger partial charge on any atom is 0.433 e. The number of alkyl halides is 3. The fourth-order valence-electron chi connectivity index (χ4n) is 5.12. The lowest BCUT2D eigenvalue weighted by Gasteiger charge is -2.28. The van der Waals surface area contributed by atoms with Gasteiger partial charge in [-0.25, -0.2) is 14.3 Å². The van der Waals surface area contributed by atoms with Crippen molar-refractivity contribution in [1.82, 2.24) is 19.5 Å². The average Bonchev–Trinajstić information content (AvgIpc) is 3.68. The summed E-state index contributed by atoms with van der Waals surface area (Å²) in [5.74, 6) is 0.494. The van der Waals surface area contributed by atoms with Gasteiger partial charge in [0.25, 0.3) is 5.91 Å². The molecule has 0 aliphatic carbocycles. The summed E-state index contributed by atoms with van der Waals surface area (Å²) < 4.78 is 47.5. The van der Waals surface area contributed by atoms with E-state index in [0.29, 0.717) is 54.6 Å². The Bertz CT molecular complexity index is 1590. The molecular weight excluding hydrogens is 551 g/mol. The van der Waals surface area contributed by atoms with E-state index in [4.69, 9.17) is 4.74 Å². The SMILES string of the molecule is O=C(Nc1ccc(C(=O)N2CCCC2)cc1)Nc1ccc(-c2nc(N3CCOCC3)c3ccc(C(F)(F)F)n3n2)cc1. The smallest absolute Gasteiger partial charge is 0.378 e. The lowest BCUT2D eigenvalue weighted by molar-refractivity contribution is -0.142. The first-order valence-electron chi connectivity index (χ1n) is 13.6. The second-order valence-corrected chi connectivity index (χ2v) is 10.1. The number of carbonyl (C=O) groups excluding carboxylic acids is 2. The number of hydrogen-bond acceptors (Lipinski definition) is 6. The van der Waals surface area contributed by atoms with E-state index in [-0.39, 0.29) is 17.2 Å². The van der Waals surface area contributed by atoms with Gasteiger partial charge in [0.2, 0.25) is 0 Å². The van der Waals surface area contributed by atoms with E-state index in [2.05, 4.69) is 20.7 Å². The lowest BCUT2D eigenvalue weighted by atomic mass is 10.2. The molecule has 218 valence electrons. The van der Waals surface area contributed by atoms with Crippen LogP contribution >= 0.6 is 0 Å². The zero-order valence-electron chi connectivity index (χ0n) is 22.5. The summed E-state index contributed by atoms with van der Waals surface area (Å²) in [6, 6.07) is 15.1. The third-order valence-corrected chi connectivity index (χ3v) is 7.28. The second-order valence-electron chi connectivity index (χ2n) is 10.1. The number of carbonyl (C=O) groups is 2. The number of rotatable bonds is 5. The molecular formula is C29H28F3N7O3. The molecule has 4 heterocycles. The van der Waals surface area contributed by atoms with Crippen LogP contribution in [0, 0.1) is 0 Å². The Labute approximate surface area is 239 Å². The topological polar surface area (TPSA) is 104 Å². The molecule has 6 rings (SSSR count). The number of aromatic nitrogens is 3. The highest BCUT2D eigenvalue weighted by Crippen LogP contribution is 2.34. The van der Waals surface area contributed by atoms with Crippen LogP contribution in [0.25, 0.3) is 16.9 Å². The molecule has 13 heteroatoms. The molecule has 0 unspecified atom stereocenters. The normalized spacial score (nSPS) is 15.7. The summed E-state index contributed by atoms with van der Waals surface area (Å²) in [6.45, 7) is 3.40. The highest BCUT2D eigenvalue weighted by molar-refractivity contribution is 6.00. The largest absolute Gasteiger partial charge is 0.433 e. The number of nitrogens with one attached hydrogen (secondary N) is 2. The van der Waals surface area contributed by atoms with Crippen LogP contribution in [-0.4, -0.2) is 70.8 Å². The number of morpholine rings is 1. The summed E-state index contributed by atoms with van der Waals surface area (Å²) in [5.41, 5.74) is 1.40. The summed E-state index contributed by atoms with van der Waals surface area (Å²) in [5, 5.41) is 9.67. The molecule has 0 radical (unpaired) electrons. The third kappa shape index (κ3) is 5.73. The zero-order valence-corrected chi connectivity index (χ0v) is 22.5. The van der Waals surface area contributed by atoms with E-state index < -0.39 is 17.9 Å². The molecule has 2 N–H and O–H groups in total. The fourth-order valence-corrected chi connectivity index (χ4v) is 5.12. The Kier molecular flexibility index (Phi) is 7.42. The van der Waals surface area contributed by atoms with Crippen LogP contribution in [0.2, 0.25) is 0 Å². The van der Waals surface area contributed by atoms with Gasteiger partial charge in [-0.1, -0.05) is 0 Å². The molecule has 2 saturated heterocycles. The van der Waals surface area contributed by atoms with Gasteiger partial charge >= 0.3 is 12.2 Å². The monoisotopic (exact) mass is 579 g/mol. The van der Waals surface area contributed by atoms with Gasteiger partial charge in [0.15, 0.2) is 11.6 Å². The molecule has 0 atom stereocenters. The minimum atomic E-state index is -4.59. The van der Waals surface area contributed by atoms with Crippen molar-refractivity contribution in [1.29, 1.82) is 0 Å². The van der Waals surface area contributed by atoms with Crippen LogP contribution < -0.4 is 15.5 Å². The van der Waals surface area contributed by atoms with Crippen LogP contribution in [0.4, 0.5) is 35.2 Å². The minimum absolute atomic E-state index is 0.0183. The van der Waals surface area contributed by atoms with Crippen molar-refractivity contribution < 1.29 is 27.5 Å². The van der Waals surface area contributed by atoms with Crippen LogP contribution in [0.1, 0.15) is 28.9 Å². The van der Waals surface area contributed by atoms with Gasteiger partial charge in [-0.05, 0) is 73.5 Å². The molecule has 42 heavy (non-hydrogen) atoms. The zero-order chi connectivity index (χ0) is 29.3. The maximum atomic E-state index is 13.7. The molecule has 2 aliphatic heterocycles. The lowest BCUT2D eigenvalue weighted by Crippen LogP contribution is -2.37. The molecule has 2 aliphatic rings. The quantitative estimate of drug-likeness (QED) is 0.340. The molecule has 0 spiro atoms. The van der Waals surface area contributed by atoms with E-state index in [1.54, 1.807) is 48.5 Å². The molecule has 0 bridgehead atoms. The Morgan fingerprint density at radius 2 is 1.43 bits per heavy atom. The average molecular weight is 580 g/mol. The van der Waals surface area contributed by atoms with E-state index in [9.17, 15) is 22.8 Å². The van der Waals surface area contributed by atoms with Gasteiger partial charge in [0, 0.05) is 48.7 Å². The Morgan fingerprint density at radius 3 is 2.05 bits per heavy atom. The van der Waals surface area contributed by atoms with E-state index in [1.165, 1.54) is 6.07 Å². The molecule has 10 nitrogen and oxygen atoms in total. The van der Waals surface area contributed by atoms with Crippen LogP contribution in [0.15, 0.2) is 60.7 Å². The van der Waals surface area contributed by atoms with Gasteiger partial charge < -0.3 is 25.2 Å². The third-order valence-electron chi connectivity index (χ3n) is 7.28. The van der Waals surface area contributed by atoms with Crippen LogP contribution in [-0.2, 0) is 10.9 Å². The predicted octanol–water partition coefficient (Wildman–Crippen LogP) is 5.13. The standard InChI is InChI=1S/C29H28F3N7O3/c30-29(31,32)24-12-11-23-26(37-15-17-42-18-16-37)35-25(36-39(23)24)19-3-7-21(8-4-19)33-28(41)34-22-9-5-20(6-10-22)27(40)38-13-1-2-14-38/h3-12H,1-2,13-18H2,(H2,33,34,41). The summed E-state index contributed by atoms with van der Waals surface area (Å²) >= 11 is 0. The van der Waals surface area contributed by atoms with Gasteiger partial charge in [-0.3, -0.25) is 4.79 Å². The van der Waals surface area contributed by atoms with E-state index in [1.807, 2.05) is 9.80 Å². The molecule has 4 aromatic rings. The molecule has 2 aromatic heterocycles. The van der Waals surface area contributed by atoms with Crippen molar-refractivity contribution in [2.75, 3.05) is 54.9 Å². The minimum Gasteiger partial charge on any atom is -0.378 e. The van der Waals surface area contributed by atoms with Crippen molar-refractivity contribution in [3.63, 3.8) is 0 Å². The Balaban J connectivity index is 1.17. The first-order valence-corrected chi connectivity index (χ1v) is 13.6. The van der Waals surface area contributed by atoms with Crippen LogP contribution in [0.3, 0.4) is 0 Å². The number of amides is 3. The van der Waals surface area contributed by atoms with Crippen molar-refractivity contribution in [2.24, 2.45) is 0 Å². The Morgan fingerprint density at radius 1 is 0.810 bits per heavy atom. The van der Waals surface area contributed by atoms with Crippen molar-refractivity contribution in [2.45, 2.75) is 19.0 Å². The second kappa shape index (κ2) is 11.3. The van der Waals surface area contributed by atoms with Gasteiger partial charge in [0.1, 0.15) is 11.2 Å². The van der Waals surface area contributed by atoms with Crippen molar-refractivity contribution >= 4 is 34.6 Å². The number of fused-ring (bicyclic) bond motifs is 1. The first kappa shape index (κ1) is 27.5. The number of urea groups is 1. The highest BCUT2D eigenvalue weighted by atomic mass is 19.4.